The Hall–Kier alpha value is -1.40. The fraction of sp³-hybridized carbons (Fsp3) is 0.444. The first-order chi connectivity index (χ1) is 11.4. The molecule has 1 aromatic rings. The lowest BCUT2D eigenvalue weighted by molar-refractivity contribution is -0.00705. The van der Waals surface area contributed by atoms with Crippen molar-refractivity contribution in [3.05, 3.63) is 58.9 Å². The lowest BCUT2D eigenvalue weighted by atomic mass is 10.1. The first kappa shape index (κ1) is 18.9. The molecule has 1 aliphatic rings. The summed E-state index contributed by atoms with van der Waals surface area (Å²) >= 11 is 1.45. The maximum absolute atomic E-state index is 14.2. The average molecular weight is 356 g/mol. The lowest BCUT2D eigenvalue weighted by Crippen LogP contribution is -2.31. The van der Waals surface area contributed by atoms with Crippen LogP contribution in [0.2, 0.25) is 0 Å². The first-order valence-corrected chi connectivity index (χ1v) is 8.90. The van der Waals surface area contributed by atoms with Gasteiger partial charge in [-0.3, -0.25) is 0 Å². The molecule has 2 nitrogen and oxygen atoms in total. The predicted molar refractivity (Wildman–Crippen MR) is 94.7 cm³/mol. The van der Waals surface area contributed by atoms with Crippen LogP contribution in [-0.2, 0) is 5.92 Å². The van der Waals surface area contributed by atoms with Crippen LogP contribution in [0, 0.1) is 5.82 Å². The van der Waals surface area contributed by atoms with Crippen molar-refractivity contribution in [1.29, 1.82) is 0 Å². The van der Waals surface area contributed by atoms with Gasteiger partial charge in [0.05, 0.1) is 5.03 Å². The molecule has 24 heavy (non-hydrogen) atoms. The highest BCUT2D eigenvalue weighted by Crippen LogP contribution is 2.34. The van der Waals surface area contributed by atoms with Gasteiger partial charge in [0.1, 0.15) is 5.82 Å². The fourth-order valence-electron chi connectivity index (χ4n) is 2.32. The molecule has 0 spiro atoms. The second-order valence-corrected chi connectivity index (χ2v) is 7.11. The lowest BCUT2D eigenvalue weighted by Gasteiger charge is -2.29. The summed E-state index contributed by atoms with van der Waals surface area (Å²) < 4.78 is 41.3. The minimum Gasteiger partial charge on any atom is -0.361 e. The number of allylic oxidation sites excluding steroid dienone is 2. The van der Waals surface area contributed by atoms with E-state index < -0.39 is 11.7 Å². The van der Waals surface area contributed by atoms with Gasteiger partial charge in [-0.15, -0.1) is 11.8 Å². The van der Waals surface area contributed by atoms with Crippen molar-refractivity contribution in [2.75, 3.05) is 39.5 Å². The monoisotopic (exact) mass is 356 g/mol. The largest absolute Gasteiger partial charge is 0.361 e. The molecule has 132 valence electrons. The third-order valence-corrected chi connectivity index (χ3v) is 4.86. The summed E-state index contributed by atoms with van der Waals surface area (Å²) in [6.07, 6.45) is 5.73. The number of nitrogens with zero attached hydrogens (tertiary/aromatic N) is 2. The summed E-state index contributed by atoms with van der Waals surface area (Å²) in [6, 6.07) is 4.47. The van der Waals surface area contributed by atoms with E-state index in [1.807, 2.05) is 26.2 Å². The molecular weight excluding hydrogens is 333 g/mol. The highest BCUT2D eigenvalue weighted by molar-refractivity contribution is 8.03. The number of hydrogen-bond donors (Lipinski definition) is 0. The second-order valence-electron chi connectivity index (χ2n) is 5.99. The number of benzene rings is 1. The molecule has 0 amide bonds. The zero-order valence-electron chi connectivity index (χ0n) is 14.0. The standard InChI is InChI=1S/C18H23F3N2S/c1-22(2)12-13-23-11-4-3-5-17(23)24-14-10-18(20,21)15-6-8-16(19)9-7-15/h3-9H,10-14H2,1-2H3. The van der Waals surface area contributed by atoms with Crippen LogP contribution >= 0.6 is 11.8 Å². The molecule has 1 aromatic carbocycles. The number of rotatable bonds is 8. The van der Waals surface area contributed by atoms with Gasteiger partial charge in [-0.25, -0.2) is 13.2 Å². The van der Waals surface area contributed by atoms with Gasteiger partial charge in [-0.05, 0) is 32.3 Å². The Kier molecular flexibility index (Phi) is 6.80. The molecule has 0 fully saturated rings. The van der Waals surface area contributed by atoms with Crippen LogP contribution in [0.4, 0.5) is 13.2 Å². The Bertz CT molecular complexity index is 582. The highest BCUT2D eigenvalue weighted by Gasteiger charge is 2.31. The van der Waals surface area contributed by atoms with Gasteiger partial charge in [0.25, 0.3) is 5.92 Å². The summed E-state index contributed by atoms with van der Waals surface area (Å²) in [5.74, 6) is -3.14. The number of thioether (sulfide) groups is 1. The van der Waals surface area contributed by atoms with Crippen LogP contribution in [0.15, 0.2) is 47.5 Å². The van der Waals surface area contributed by atoms with Crippen molar-refractivity contribution in [2.24, 2.45) is 0 Å². The van der Waals surface area contributed by atoms with Gasteiger partial charge >= 0.3 is 0 Å². The molecule has 0 saturated carbocycles. The summed E-state index contributed by atoms with van der Waals surface area (Å²) in [5.41, 5.74) is -0.133. The minimum absolute atomic E-state index is 0.133. The van der Waals surface area contributed by atoms with Crippen molar-refractivity contribution in [1.82, 2.24) is 9.80 Å². The van der Waals surface area contributed by atoms with Gasteiger partial charge in [-0.1, -0.05) is 24.3 Å². The van der Waals surface area contributed by atoms with Crippen molar-refractivity contribution in [3.8, 4) is 0 Å². The Morgan fingerprint density at radius 3 is 2.58 bits per heavy atom. The van der Waals surface area contributed by atoms with Gasteiger partial charge in [-0.2, -0.15) is 0 Å². The zero-order chi connectivity index (χ0) is 17.6. The van der Waals surface area contributed by atoms with Crippen molar-refractivity contribution in [2.45, 2.75) is 12.3 Å². The van der Waals surface area contributed by atoms with Crippen molar-refractivity contribution >= 4 is 11.8 Å². The summed E-state index contributed by atoms with van der Waals surface area (Å²) in [7, 11) is 4.03. The van der Waals surface area contributed by atoms with E-state index in [0.29, 0.717) is 5.75 Å². The molecule has 0 radical (unpaired) electrons. The second kappa shape index (κ2) is 8.62. The van der Waals surface area contributed by atoms with Crippen LogP contribution in [0.25, 0.3) is 0 Å². The van der Waals surface area contributed by atoms with Gasteiger partial charge in [0, 0.05) is 37.4 Å². The number of likely N-dealkylation sites (N-methyl/N-ethyl adjacent to an activating group) is 1. The Balaban J connectivity index is 1.88. The molecular formula is C18H23F3N2S. The summed E-state index contributed by atoms with van der Waals surface area (Å²) in [6.45, 7) is 2.59. The Labute approximate surface area is 146 Å². The molecule has 0 aliphatic carbocycles. The molecule has 1 aliphatic heterocycles. The number of alkyl halides is 2. The molecule has 1 heterocycles. The van der Waals surface area contributed by atoms with E-state index in [0.717, 1.165) is 48.9 Å². The number of halogens is 3. The van der Waals surface area contributed by atoms with Crippen LogP contribution in [0.5, 0.6) is 0 Å². The Morgan fingerprint density at radius 2 is 1.92 bits per heavy atom. The fourth-order valence-corrected chi connectivity index (χ4v) is 3.41. The SMILES string of the molecule is CN(C)CCN1CC=CC=C1SCCC(F)(F)c1ccc(F)cc1. The average Bonchev–Trinajstić information content (AvgIpc) is 2.54. The molecule has 2 rings (SSSR count). The van der Waals surface area contributed by atoms with E-state index >= 15 is 0 Å². The normalized spacial score (nSPS) is 15.1. The van der Waals surface area contributed by atoms with Crippen LogP contribution in [-0.4, -0.2) is 49.3 Å². The maximum atomic E-state index is 14.2. The van der Waals surface area contributed by atoms with E-state index in [2.05, 4.69) is 15.9 Å². The number of hydrogen-bond acceptors (Lipinski definition) is 3. The van der Waals surface area contributed by atoms with E-state index in [4.69, 9.17) is 0 Å². The smallest absolute Gasteiger partial charge is 0.274 e. The van der Waals surface area contributed by atoms with Crippen LogP contribution < -0.4 is 0 Å². The van der Waals surface area contributed by atoms with Crippen molar-refractivity contribution in [3.63, 3.8) is 0 Å². The third kappa shape index (κ3) is 5.60. The topological polar surface area (TPSA) is 6.48 Å². The van der Waals surface area contributed by atoms with Crippen LogP contribution in [0.3, 0.4) is 0 Å². The summed E-state index contributed by atoms with van der Waals surface area (Å²) in [4.78, 5) is 4.30. The van der Waals surface area contributed by atoms with Gasteiger partial charge in [0.15, 0.2) is 0 Å². The van der Waals surface area contributed by atoms with E-state index in [9.17, 15) is 13.2 Å². The van der Waals surface area contributed by atoms with E-state index in [-0.39, 0.29) is 12.0 Å². The van der Waals surface area contributed by atoms with Crippen LogP contribution in [0.1, 0.15) is 12.0 Å². The molecule has 0 unspecified atom stereocenters. The quantitative estimate of drug-likeness (QED) is 0.685. The van der Waals surface area contributed by atoms with Crippen molar-refractivity contribution < 1.29 is 13.2 Å². The molecule has 0 aromatic heterocycles. The summed E-state index contributed by atoms with van der Waals surface area (Å²) in [5, 5.41) is 1.02. The van der Waals surface area contributed by atoms with E-state index in [1.165, 1.54) is 11.8 Å². The third-order valence-electron chi connectivity index (χ3n) is 3.76. The van der Waals surface area contributed by atoms with E-state index in [1.54, 1.807) is 0 Å². The zero-order valence-corrected chi connectivity index (χ0v) is 14.8. The van der Waals surface area contributed by atoms with Gasteiger partial charge in [0.2, 0.25) is 0 Å². The molecule has 0 bridgehead atoms. The minimum atomic E-state index is -2.94. The maximum Gasteiger partial charge on any atom is 0.274 e. The molecule has 0 saturated heterocycles. The molecule has 6 heteroatoms. The molecule has 0 atom stereocenters. The predicted octanol–water partition coefficient (Wildman–Crippen LogP) is 4.32. The first-order valence-electron chi connectivity index (χ1n) is 7.91. The van der Waals surface area contributed by atoms with Gasteiger partial charge < -0.3 is 9.80 Å². The highest BCUT2D eigenvalue weighted by atomic mass is 32.2. The Morgan fingerprint density at radius 1 is 1.21 bits per heavy atom. The molecule has 0 N–H and O–H groups in total.